The van der Waals surface area contributed by atoms with Crippen molar-refractivity contribution in [1.82, 2.24) is 25.2 Å². The number of benzene rings is 1. The third-order valence-electron chi connectivity index (χ3n) is 4.35. The molecular weight excluding hydrogens is 458 g/mol. The topological polar surface area (TPSA) is 132 Å². The summed E-state index contributed by atoms with van der Waals surface area (Å²) in [5, 5.41) is 21.0. The Kier molecular flexibility index (Phi) is 6.63. The minimum atomic E-state index is -0.662. The van der Waals surface area contributed by atoms with E-state index in [9.17, 15) is 9.59 Å². The monoisotopic (exact) mass is 477 g/mol. The number of rotatable bonds is 8. The molecule has 0 bridgehead atoms. The molecule has 158 valence electrons. The summed E-state index contributed by atoms with van der Waals surface area (Å²) < 4.78 is 10.9. The Morgan fingerprint density at radius 3 is 2.73 bits per heavy atom. The van der Waals surface area contributed by atoms with Crippen LogP contribution in [0.25, 0.3) is 11.5 Å². The molecule has 3 aromatic rings. The molecule has 1 aromatic carbocycles. The van der Waals surface area contributed by atoms with Crippen molar-refractivity contribution in [2.45, 2.75) is 20.4 Å². The number of carbonyl (C=O) groups excluding carboxylic acids is 2. The second-order valence-electron chi connectivity index (χ2n) is 6.21. The van der Waals surface area contributed by atoms with Crippen LogP contribution < -0.4 is 4.74 Å². The van der Waals surface area contributed by atoms with Crippen LogP contribution in [0.1, 0.15) is 38.9 Å². The number of esters is 1. The van der Waals surface area contributed by atoms with E-state index in [4.69, 9.17) is 14.6 Å². The number of hydrogen-bond donors (Lipinski definition) is 2. The predicted molar refractivity (Wildman–Crippen MR) is 110 cm³/mol. The van der Waals surface area contributed by atoms with Crippen LogP contribution >= 0.6 is 15.9 Å². The van der Waals surface area contributed by atoms with E-state index in [0.717, 1.165) is 0 Å². The van der Waals surface area contributed by atoms with Crippen molar-refractivity contribution < 1.29 is 24.2 Å². The highest BCUT2D eigenvalue weighted by Crippen LogP contribution is 2.31. The van der Waals surface area contributed by atoms with E-state index in [0.29, 0.717) is 27.0 Å². The quantitative estimate of drug-likeness (QED) is 0.372. The van der Waals surface area contributed by atoms with E-state index in [1.165, 1.54) is 11.9 Å². The van der Waals surface area contributed by atoms with Crippen LogP contribution in [-0.2, 0) is 11.3 Å². The number of nitrogens with zero attached hydrogens (tertiary/aromatic N) is 4. The number of carbonyl (C=O) groups is 2. The molecule has 2 aromatic heterocycles. The third kappa shape index (κ3) is 4.12. The lowest BCUT2D eigenvalue weighted by Crippen LogP contribution is -2.12. The first-order valence-corrected chi connectivity index (χ1v) is 9.87. The van der Waals surface area contributed by atoms with Gasteiger partial charge in [-0.3, -0.25) is 4.79 Å². The second-order valence-corrected chi connectivity index (χ2v) is 7.06. The van der Waals surface area contributed by atoms with Gasteiger partial charge in [-0.1, -0.05) is 0 Å². The third-order valence-corrected chi connectivity index (χ3v) is 4.97. The van der Waals surface area contributed by atoms with Crippen molar-refractivity contribution in [1.29, 1.82) is 0 Å². The average molecular weight is 478 g/mol. The van der Waals surface area contributed by atoms with Crippen molar-refractivity contribution >= 4 is 27.7 Å². The summed E-state index contributed by atoms with van der Waals surface area (Å²) in [4.78, 5) is 30.0. The summed E-state index contributed by atoms with van der Waals surface area (Å²) in [6.07, 6.45) is 0. The lowest BCUT2D eigenvalue weighted by molar-refractivity contribution is 0.0517. The Morgan fingerprint density at radius 1 is 1.33 bits per heavy atom. The maximum absolute atomic E-state index is 13.3. The number of ether oxygens (including phenoxy) is 2. The van der Waals surface area contributed by atoms with Gasteiger partial charge in [-0.15, -0.1) is 10.2 Å². The van der Waals surface area contributed by atoms with Crippen LogP contribution in [0.15, 0.2) is 22.7 Å². The minimum Gasteiger partial charge on any atom is -0.496 e. The number of aliphatic hydroxyl groups excluding tert-OH is 1. The molecule has 0 radical (unpaired) electrons. The van der Waals surface area contributed by atoms with Crippen LogP contribution in [-0.4, -0.2) is 62.4 Å². The van der Waals surface area contributed by atoms with E-state index in [1.807, 2.05) is 0 Å². The van der Waals surface area contributed by atoms with Gasteiger partial charge in [0.2, 0.25) is 5.82 Å². The zero-order chi connectivity index (χ0) is 21.8. The number of methoxy groups -OCH3 is 1. The molecule has 10 nitrogen and oxygen atoms in total. The number of aliphatic hydroxyl groups is 1. The lowest BCUT2D eigenvalue weighted by Gasteiger charge is -2.07. The van der Waals surface area contributed by atoms with E-state index >= 15 is 0 Å². The number of tetrazole rings is 1. The number of nitrogens with one attached hydrogen (secondary N) is 1. The van der Waals surface area contributed by atoms with Crippen LogP contribution in [0.2, 0.25) is 0 Å². The number of halogens is 1. The molecule has 2 heterocycles. The van der Waals surface area contributed by atoms with Crippen LogP contribution in [0.4, 0.5) is 0 Å². The molecule has 0 atom stereocenters. The summed E-state index contributed by atoms with van der Waals surface area (Å²) in [6, 6.07) is 4.90. The molecule has 0 saturated heterocycles. The van der Waals surface area contributed by atoms with Gasteiger partial charge in [0.1, 0.15) is 11.4 Å². The summed E-state index contributed by atoms with van der Waals surface area (Å²) in [5.41, 5.74) is 1.40. The maximum Gasteiger partial charge on any atom is 0.355 e. The van der Waals surface area contributed by atoms with Gasteiger partial charge < -0.3 is 19.6 Å². The van der Waals surface area contributed by atoms with E-state index < -0.39 is 5.97 Å². The Hall–Kier alpha value is -3.05. The highest BCUT2D eigenvalue weighted by molar-refractivity contribution is 9.10. The molecule has 11 heteroatoms. The van der Waals surface area contributed by atoms with Gasteiger partial charge in [0, 0.05) is 5.56 Å². The van der Waals surface area contributed by atoms with Crippen molar-refractivity contribution in [3.8, 4) is 17.3 Å². The van der Waals surface area contributed by atoms with Crippen molar-refractivity contribution in [3.63, 3.8) is 0 Å². The van der Waals surface area contributed by atoms with E-state index in [2.05, 4.69) is 36.3 Å². The first-order chi connectivity index (χ1) is 14.4. The van der Waals surface area contributed by atoms with Gasteiger partial charge in [-0.25, -0.2) is 4.79 Å². The minimum absolute atomic E-state index is 0.0137. The molecule has 0 fully saturated rings. The molecule has 0 aliphatic heterocycles. The molecule has 30 heavy (non-hydrogen) atoms. The summed E-state index contributed by atoms with van der Waals surface area (Å²) >= 11 is 3.37. The largest absolute Gasteiger partial charge is 0.496 e. The molecule has 3 rings (SSSR count). The zero-order valence-electron chi connectivity index (χ0n) is 16.6. The second kappa shape index (κ2) is 9.18. The van der Waals surface area contributed by atoms with Crippen LogP contribution in [0, 0.1) is 6.92 Å². The fourth-order valence-corrected chi connectivity index (χ4v) is 3.48. The molecule has 0 amide bonds. The standard InChI is InChI=1S/C19H20BrN5O5/c1-4-30-19(28)16-14(17(27)11-5-6-13(29-3)12(20)9-11)10(2)15(21-16)18-22-24-25(23-18)7-8-26/h5-6,9,21,26H,4,7-8H2,1-3H3. The summed E-state index contributed by atoms with van der Waals surface area (Å²) in [7, 11) is 1.53. The van der Waals surface area contributed by atoms with Gasteiger partial charge >= 0.3 is 5.97 Å². The zero-order valence-corrected chi connectivity index (χ0v) is 18.2. The Bertz CT molecular complexity index is 1090. The van der Waals surface area contributed by atoms with Crippen LogP contribution in [0.3, 0.4) is 0 Å². The van der Waals surface area contributed by atoms with Gasteiger partial charge in [-0.2, -0.15) is 4.80 Å². The van der Waals surface area contributed by atoms with Gasteiger partial charge in [-0.05, 0) is 58.8 Å². The smallest absolute Gasteiger partial charge is 0.355 e. The average Bonchev–Trinajstić information content (AvgIpc) is 3.32. The Labute approximate surface area is 180 Å². The van der Waals surface area contributed by atoms with Gasteiger partial charge in [0.15, 0.2) is 5.78 Å². The molecule has 2 N–H and O–H groups in total. The summed E-state index contributed by atoms with van der Waals surface area (Å²) in [5.74, 6) is -0.260. The van der Waals surface area contributed by atoms with Crippen molar-refractivity contribution in [3.05, 3.63) is 45.1 Å². The molecule has 0 saturated carbocycles. The Balaban J connectivity index is 2.11. The molecule has 0 aliphatic carbocycles. The highest BCUT2D eigenvalue weighted by atomic mass is 79.9. The van der Waals surface area contributed by atoms with Gasteiger partial charge in [0.05, 0.1) is 42.6 Å². The molecule has 0 unspecified atom stereocenters. The molecule has 0 spiro atoms. The van der Waals surface area contributed by atoms with E-state index in [1.54, 1.807) is 32.0 Å². The van der Waals surface area contributed by atoms with Crippen molar-refractivity contribution in [2.75, 3.05) is 20.3 Å². The van der Waals surface area contributed by atoms with Crippen LogP contribution in [0.5, 0.6) is 5.75 Å². The number of hydrogen-bond acceptors (Lipinski definition) is 8. The summed E-state index contributed by atoms with van der Waals surface area (Å²) in [6.45, 7) is 3.54. The SMILES string of the molecule is CCOC(=O)c1[nH]c(-c2nnn(CCO)n2)c(C)c1C(=O)c1ccc(OC)c(Br)c1. The first-order valence-electron chi connectivity index (χ1n) is 9.08. The van der Waals surface area contributed by atoms with E-state index in [-0.39, 0.29) is 42.6 Å². The Morgan fingerprint density at radius 2 is 2.10 bits per heavy atom. The highest BCUT2D eigenvalue weighted by Gasteiger charge is 2.29. The fraction of sp³-hybridized carbons (Fsp3) is 0.316. The van der Waals surface area contributed by atoms with Crippen molar-refractivity contribution in [2.24, 2.45) is 0 Å². The lowest BCUT2D eigenvalue weighted by atomic mass is 9.99. The number of aromatic nitrogens is 5. The van der Waals surface area contributed by atoms with Gasteiger partial charge in [0.25, 0.3) is 0 Å². The number of H-pyrrole nitrogens is 1. The first kappa shape index (κ1) is 21.7. The number of ketones is 1. The predicted octanol–water partition coefficient (Wildman–Crippen LogP) is 2.15. The number of aromatic amines is 1. The molecular formula is C19H20BrN5O5. The fourth-order valence-electron chi connectivity index (χ4n) is 2.94. The molecule has 0 aliphatic rings. The maximum atomic E-state index is 13.3. The normalized spacial score (nSPS) is 10.8.